The first-order chi connectivity index (χ1) is 8.79. The number of nitrogens with one attached hydrogen (secondary N) is 2. The van der Waals surface area contributed by atoms with Crippen LogP contribution in [0.1, 0.15) is 16.1 Å². The molecular formula is C13H14N4O. The predicted molar refractivity (Wildman–Crippen MR) is 69.7 cm³/mol. The molecule has 1 amide bonds. The van der Waals surface area contributed by atoms with Crippen molar-refractivity contribution in [3.63, 3.8) is 0 Å². The maximum absolute atomic E-state index is 11.8. The monoisotopic (exact) mass is 242 g/mol. The summed E-state index contributed by atoms with van der Waals surface area (Å²) >= 11 is 0. The Balaban J connectivity index is 1.95. The van der Waals surface area contributed by atoms with E-state index in [2.05, 4.69) is 15.7 Å². The number of hydrazine groups is 1. The van der Waals surface area contributed by atoms with Gasteiger partial charge in [0, 0.05) is 17.4 Å². The van der Waals surface area contributed by atoms with Gasteiger partial charge in [-0.25, -0.2) is 0 Å². The highest BCUT2D eigenvalue weighted by Crippen LogP contribution is 2.07. The zero-order chi connectivity index (χ0) is 12.8. The minimum atomic E-state index is -0.135. The van der Waals surface area contributed by atoms with Gasteiger partial charge in [-0.1, -0.05) is 6.07 Å². The molecule has 2 rings (SSSR count). The van der Waals surface area contributed by atoms with Crippen LogP contribution in [0, 0.1) is 0 Å². The molecule has 1 aromatic carbocycles. The number of benzene rings is 1. The van der Waals surface area contributed by atoms with Gasteiger partial charge < -0.3 is 10.7 Å². The number of anilines is 1. The maximum Gasteiger partial charge on any atom is 0.251 e. The second kappa shape index (κ2) is 5.79. The van der Waals surface area contributed by atoms with Crippen molar-refractivity contribution >= 4 is 11.6 Å². The second-order valence-corrected chi connectivity index (χ2v) is 3.73. The van der Waals surface area contributed by atoms with E-state index in [9.17, 15) is 4.79 Å². The summed E-state index contributed by atoms with van der Waals surface area (Å²) in [5, 5.41) is 2.80. The lowest BCUT2D eigenvalue weighted by molar-refractivity contribution is 0.0950. The summed E-state index contributed by atoms with van der Waals surface area (Å²) in [4.78, 5) is 16.0. The van der Waals surface area contributed by atoms with Gasteiger partial charge in [0.05, 0.1) is 12.2 Å². The number of pyridine rings is 1. The van der Waals surface area contributed by atoms with Gasteiger partial charge >= 0.3 is 0 Å². The van der Waals surface area contributed by atoms with Gasteiger partial charge in [-0.2, -0.15) is 0 Å². The summed E-state index contributed by atoms with van der Waals surface area (Å²) in [6, 6.07) is 12.5. The van der Waals surface area contributed by atoms with Crippen LogP contribution in [0.2, 0.25) is 0 Å². The van der Waals surface area contributed by atoms with Gasteiger partial charge in [0.15, 0.2) is 0 Å². The van der Waals surface area contributed by atoms with Crippen molar-refractivity contribution < 1.29 is 4.79 Å². The van der Waals surface area contributed by atoms with Crippen LogP contribution < -0.4 is 16.6 Å². The molecular weight excluding hydrogens is 228 g/mol. The number of hydrogen-bond acceptors (Lipinski definition) is 4. The standard InChI is InChI=1S/C13H14N4O/c14-17-11-6-4-10(5-7-11)13(18)16-9-12-3-1-2-8-15-12/h1-8,17H,9,14H2,(H,16,18). The molecule has 0 fully saturated rings. The molecule has 0 saturated carbocycles. The van der Waals surface area contributed by atoms with E-state index in [0.717, 1.165) is 11.4 Å². The molecule has 0 unspecified atom stereocenters. The average molecular weight is 242 g/mol. The highest BCUT2D eigenvalue weighted by molar-refractivity contribution is 5.94. The first-order valence-electron chi connectivity index (χ1n) is 5.54. The maximum atomic E-state index is 11.8. The molecule has 0 saturated heterocycles. The lowest BCUT2D eigenvalue weighted by Crippen LogP contribution is -2.23. The third-order valence-corrected chi connectivity index (χ3v) is 2.47. The highest BCUT2D eigenvalue weighted by atomic mass is 16.1. The minimum Gasteiger partial charge on any atom is -0.346 e. The molecule has 0 aliphatic heterocycles. The topological polar surface area (TPSA) is 80.0 Å². The van der Waals surface area contributed by atoms with Gasteiger partial charge in [0.1, 0.15) is 0 Å². The molecule has 1 heterocycles. The fourth-order valence-electron chi connectivity index (χ4n) is 1.49. The first-order valence-corrected chi connectivity index (χ1v) is 5.54. The summed E-state index contributed by atoms with van der Waals surface area (Å²) < 4.78 is 0. The van der Waals surface area contributed by atoms with Crippen molar-refractivity contribution in [1.82, 2.24) is 10.3 Å². The summed E-state index contributed by atoms with van der Waals surface area (Å²) in [6.45, 7) is 0.413. The number of nitrogens with zero attached hydrogens (tertiary/aromatic N) is 1. The van der Waals surface area contributed by atoms with Crippen LogP contribution in [0.5, 0.6) is 0 Å². The average Bonchev–Trinajstić information content (AvgIpc) is 2.46. The van der Waals surface area contributed by atoms with Crippen molar-refractivity contribution in [3.05, 3.63) is 59.9 Å². The number of carbonyl (C=O) groups is 1. The molecule has 0 spiro atoms. The Hall–Kier alpha value is -2.40. The SMILES string of the molecule is NNc1ccc(C(=O)NCc2ccccn2)cc1. The Morgan fingerprint density at radius 2 is 1.94 bits per heavy atom. The normalized spacial score (nSPS) is 9.83. The van der Waals surface area contributed by atoms with E-state index in [1.54, 1.807) is 30.5 Å². The van der Waals surface area contributed by atoms with Crippen molar-refractivity contribution in [3.8, 4) is 0 Å². The van der Waals surface area contributed by atoms with E-state index in [0.29, 0.717) is 12.1 Å². The molecule has 0 aliphatic rings. The van der Waals surface area contributed by atoms with Gasteiger partial charge in [-0.05, 0) is 36.4 Å². The van der Waals surface area contributed by atoms with E-state index in [1.165, 1.54) is 0 Å². The van der Waals surface area contributed by atoms with Crippen LogP contribution in [-0.2, 0) is 6.54 Å². The summed E-state index contributed by atoms with van der Waals surface area (Å²) in [6.07, 6.45) is 1.70. The van der Waals surface area contributed by atoms with Crippen LogP contribution in [-0.4, -0.2) is 10.9 Å². The van der Waals surface area contributed by atoms with E-state index in [1.807, 2.05) is 18.2 Å². The largest absolute Gasteiger partial charge is 0.346 e. The number of amides is 1. The molecule has 0 radical (unpaired) electrons. The first kappa shape index (κ1) is 12.1. The number of aromatic nitrogens is 1. The van der Waals surface area contributed by atoms with Crippen molar-refractivity contribution in [2.75, 3.05) is 5.43 Å². The van der Waals surface area contributed by atoms with Crippen LogP contribution in [0.4, 0.5) is 5.69 Å². The van der Waals surface area contributed by atoms with Crippen LogP contribution in [0.15, 0.2) is 48.7 Å². The number of hydrogen-bond donors (Lipinski definition) is 3. The Labute approximate surface area is 105 Å². The fourth-order valence-corrected chi connectivity index (χ4v) is 1.49. The number of carbonyl (C=O) groups excluding carboxylic acids is 1. The third kappa shape index (κ3) is 3.05. The number of rotatable bonds is 4. The van der Waals surface area contributed by atoms with Crippen LogP contribution >= 0.6 is 0 Å². The lowest BCUT2D eigenvalue weighted by Gasteiger charge is -2.05. The van der Waals surface area contributed by atoms with Crippen LogP contribution in [0.25, 0.3) is 0 Å². The summed E-state index contributed by atoms with van der Waals surface area (Å²) in [5.41, 5.74) is 4.68. The Kier molecular flexibility index (Phi) is 3.88. The van der Waals surface area contributed by atoms with E-state index in [-0.39, 0.29) is 5.91 Å². The van der Waals surface area contributed by atoms with Crippen LogP contribution in [0.3, 0.4) is 0 Å². The Morgan fingerprint density at radius 3 is 2.56 bits per heavy atom. The molecule has 18 heavy (non-hydrogen) atoms. The highest BCUT2D eigenvalue weighted by Gasteiger charge is 2.04. The van der Waals surface area contributed by atoms with Gasteiger partial charge in [-0.3, -0.25) is 15.6 Å². The summed E-state index contributed by atoms with van der Waals surface area (Å²) in [5.74, 6) is 5.12. The molecule has 5 nitrogen and oxygen atoms in total. The Morgan fingerprint density at radius 1 is 1.17 bits per heavy atom. The quantitative estimate of drug-likeness (QED) is 0.557. The fraction of sp³-hybridized carbons (Fsp3) is 0.0769. The van der Waals surface area contributed by atoms with E-state index >= 15 is 0 Å². The molecule has 2 aromatic rings. The molecule has 1 aromatic heterocycles. The molecule has 0 bridgehead atoms. The van der Waals surface area contributed by atoms with Gasteiger partial charge in [-0.15, -0.1) is 0 Å². The van der Waals surface area contributed by atoms with Crippen molar-refractivity contribution in [2.45, 2.75) is 6.54 Å². The zero-order valence-electron chi connectivity index (χ0n) is 9.76. The van der Waals surface area contributed by atoms with Gasteiger partial charge in [0.2, 0.25) is 0 Å². The number of nitrogens with two attached hydrogens (primary N) is 1. The molecule has 92 valence electrons. The minimum absolute atomic E-state index is 0.135. The zero-order valence-corrected chi connectivity index (χ0v) is 9.76. The predicted octanol–water partition coefficient (Wildman–Crippen LogP) is 1.30. The number of nitrogen functional groups attached to an aromatic ring is 1. The lowest BCUT2D eigenvalue weighted by atomic mass is 10.2. The third-order valence-electron chi connectivity index (χ3n) is 2.47. The molecule has 4 N–H and O–H groups in total. The van der Waals surface area contributed by atoms with Gasteiger partial charge in [0.25, 0.3) is 5.91 Å². The van der Waals surface area contributed by atoms with E-state index < -0.39 is 0 Å². The molecule has 0 atom stereocenters. The van der Waals surface area contributed by atoms with Crippen molar-refractivity contribution in [1.29, 1.82) is 0 Å². The van der Waals surface area contributed by atoms with Crippen molar-refractivity contribution in [2.24, 2.45) is 5.84 Å². The smallest absolute Gasteiger partial charge is 0.251 e. The Bertz CT molecular complexity index is 510. The van der Waals surface area contributed by atoms with E-state index in [4.69, 9.17) is 5.84 Å². The second-order valence-electron chi connectivity index (χ2n) is 3.73. The molecule has 0 aliphatic carbocycles. The molecule has 5 heteroatoms. The summed E-state index contributed by atoms with van der Waals surface area (Å²) in [7, 11) is 0.